The Morgan fingerprint density at radius 2 is 1.59 bits per heavy atom. The molecule has 1 N–H and O–H groups in total. The SMILES string of the molecule is COC(=O)c1ccccc1NC(=O)CN1C(=O)c2cc(Cl)c(Cl)cc2C1=O. The molecule has 1 aliphatic rings. The molecule has 2 aromatic rings. The van der Waals surface area contributed by atoms with Crippen molar-refractivity contribution in [1.82, 2.24) is 4.90 Å². The Bertz CT molecular complexity index is 949. The van der Waals surface area contributed by atoms with Crippen LogP contribution in [0.4, 0.5) is 5.69 Å². The van der Waals surface area contributed by atoms with Crippen molar-refractivity contribution in [2.75, 3.05) is 19.0 Å². The van der Waals surface area contributed by atoms with Crippen molar-refractivity contribution in [3.8, 4) is 0 Å². The third kappa shape index (κ3) is 3.51. The van der Waals surface area contributed by atoms with E-state index in [1.54, 1.807) is 12.1 Å². The first-order valence-corrected chi connectivity index (χ1v) is 8.41. The average molecular weight is 407 g/mol. The number of amides is 3. The Labute approximate surface area is 163 Å². The lowest BCUT2D eigenvalue weighted by Crippen LogP contribution is -2.37. The molecule has 0 unspecified atom stereocenters. The fourth-order valence-electron chi connectivity index (χ4n) is 2.64. The molecule has 0 spiro atoms. The Hall–Kier alpha value is -2.90. The van der Waals surface area contributed by atoms with Crippen molar-refractivity contribution in [3.63, 3.8) is 0 Å². The summed E-state index contributed by atoms with van der Waals surface area (Å²) < 4.78 is 4.66. The maximum Gasteiger partial charge on any atom is 0.339 e. The summed E-state index contributed by atoms with van der Waals surface area (Å²) in [5, 5.41) is 2.77. The molecule has 0 atom stereocenters. The van der Waals surface area contributed by atoms with Crippen LogP contribution in [0.5, 0.6) is 0 Å². The molecule has 3 rings (SSSR count). The minimum Gasteiger partial charge on any atom is -0.465 e. The Morgan fingerprint density at radius 3 is 2.15 bits per heavy atom. The van der Waals surface area contributed by atoms with Crippen molar-refractivity contribution in [1.29, 1.82) is 0 Å². The number of hydrogen-bond acceptors (Lipinski definition) is 5. The minimum atomic E-state index is -0.655. The van der Waals surface area contributed by atoms with Crippen LogP contribution in [0.2, 0.25) is 10.0 Å². The number of para-hydroxylation sites is 1. The molecule has 1 heterocycles. The van der Waals surface area contributed by atoms with Crippen LogP contribution in [0.25, 0.3) is 0 Å². The number of halogens is 2. The summed E-state index contributed by atoms with van der Waals surface area (Å²) in [6.45, 7) is -0.531. The van der Waals surface area contributed by atoms with Gasteiger partial charge in [0.05, 0.1) is 39.5 Å². The van der Waals surface area contributed by atoms with E-state index >= 15 is 0 Å². The second-order valence-electron chi connectivity index (χ2n) is 5.59. The highest BCUT2D eigenvalue weighted by Crippen LogP contribution is 2.31. The van der Waals surface area contributed by atoms with Gasteiger partial charge in [-0.05, 0) is 24.3 Å². The predicted molar refractivity (Wildman–Crippen MR) is 98.2 cm³/mol. The van der Waals surface area contributed by atoms with Gasteiger partial charge in [0.1, 0.15) is 6.54 Å². The van der Waals surface area contributed by atoms with Crippen LogP contribution < -0.4 is 5.32 Å². The summed E-state index contributed by atoms with van der Waals surface area (Å²) in [6, 6.07) is 8.81. The quantitative estimate of drug-likeness (QED) is 0.622. The number of carbonyl (C=O) groups excluding carboxylic acids is 4. The van der Waals surface area contributed by atoms with Crippen molar-refractivity contribution in [2.45, 2.75) is 0 Å². The Morgan fingerprint density at radius 1 is 1.04 bits per heavy atom. The first-order chi connectivity index (χ1) is 12.8. The summed E-state index contributed by atoms with van der Waals surface area (Å²) in [4.78, 5) is 49.7. The molecule has 0 bridgehead atoms. The van der Waals surface area contributed by atoms with Crippen molar-refractivity contribution in [3.05, 3.63) is 63.1 Å². The van der Waals surface area contributed by atoms with E-state index in [0.29, 0.717) is 0 Å². The lowest BCUT2D eigenvalue weighted by Gasteiger charge is -2.14. The van der Waals surface area contributed by atoms with Crippen molar-refractivity contribution < 1.29 is 23.9 Å². The van der Waals surface area contributed by atoms with Crippen LogP contribution in [0.1, 0.15) is 31.1 Å². The molecule has 0 saturated heterocycles. The zero-order valence-electron chi connectivity index (χ0n) is 13.9. The van der Waals surface area contributed by atoms with Crippen LogP contribution in [-0.2, 0) is 9.53 Å². The van der Waals surface area contributed by atoms with Crippen LogP contribution in [-0.4, -0.2) is 42.2 Å². The summed E-state index contributed by atoms with van der Waals surface area (Å²) in [5.41, 5.74) is 0.514. The van der Waals surface area contributed by atoms with E-state index in [4.69, 9.17) is 23.2 Å². The number of benzene rings is 2. The van der Waals surface area contributed by atoms with E-state index in [2.05, 4.69) is 10.1 Å². The monoisotopic (exact) mass is 406 g/mol. The van der Waals surface area contributed by atoms with Gasteiger partial charge in [-0.2, -0.15) is 0 Å². The second kappa shape index (κ2) is 7.38. The molecule has 0 saturated carbocycles. The van der Waals surface area contributed by atoms with Crippen LogP contribution in [0.3, 0.4) is 0 Å². The Balaban J connectivity index is 1.79. The first-order valence-electron chi connectivity index (χ1n) is 7.66. The maximum atomic E-state index is 12.4. The fraction of sp³-hybridized carbons (Fsp3) is 0.111. The van der Waals surface area contributed by atoms with Gasteiger partial charge in [-0.1, -0.05) is 35.3 Å². The van der Waals surface area contributed by atoms with E-state index in [0.717, 1.165) is 4.90 Å². The third-order valence-corrected chi connectivity index (χ3v) is 4.64. The number of fused-ring (bicyclic) bond motifs is 1. The number of nitrogens with one attached hydrogen (secondary N) is 1. The number of rotatable bonds is 4. The standard InChI is InChI=1S/C18H12Cl2N2O5/c1-27-18(26)9-4-2-3-5-14(9)21-15(23)8-22-16(24)10-6-12(19)13(20)7-11(10)17(22)25/h2-7H,8H2,1H3,(H,21,23). The smallest absolute Gasteiger partial charge is 0.339 e. The van der Waals surface area contributed by atoms with E-state index in [1.165, 1.54) is 31.4 Å². The van der Waals surface area contributed by atoms with Crippen LogP contribution in [0, 0.1) is 0 Å². The summed E-state index contributed by atoms with van der Waals surface area (Å²) in [6.07, 6.45) is 0. The lowest BCUT2D eigenvalue weighted by molar-refractivity contribution is -0.116. The number of nitrogens with zero attached hydrogens (tertiary/aromatic N) is 1. The van der Waals surface area contributed by atoms with Gasteiger partial charge in [-0.3, -0.25) is 19.3 Å². The van der Waals surface area contributed by atoms with Gasteiger partial charge in [0.2, 0.25) is 5.91 Å². The molecule has 27 heavy (non-hydrogen) atoms. The van der Waals surface area contributed by atoms with E-state index in [1.807, 2.05) is 0 Å². The average Bonchev–Trinajstić information content (AvgIpc) is 2.86. The number of anilines is 1. The number of imide groups is 1. The Kier molecular flexibility index (Phi) is 5.16. The molecule has 0 aliphatic carbocycles. The van der Waals surface area contributed by atoms with E-state index in [9.17, 15) is 19.2 Å². The molecule has 2 aromatic carbocycles. The van der Waals surface area contributed by atoms with Gasteiger partial charge in [0, 0.05) is 0 Å². The summed E-state index contributed by atoms with van der Waals surface area (Å²) in [5.74, 6) is -2.58. The highest BCUT2D eigenvalue weighted by molar-refractivity contribution is 6.43. The molecule has 138 valence electrons. The van der Waals surface area contributed by atoms with Gasteiger partial charge in [0.25, 0.3) is 11.8 Å². The molecule has 9 heteroatoms. The number of ether oxygens (including phenoxy) is 1. The molecule has 0 fully saturated rings. The van der Waals surface area contributed by atoms with E-state index < -0.39 is 30.2 Å². The third-order valence-electron chi connectivity index (χ3n) is 3.92. The summed E-state index contributed by atoms with van der Waals surface area (Å²) in [7, 11) is 1.22. The molecule has 1 aliphatic heterocycles. The van der Waals surface area contributed by atoms with Gasteiger partial charge in [0.15, 0.2) is 0 Å². The molecule has 7 nitrogen and oxygen atoms in total. The fourth-order valence-corrected chi connectivity index (χ4v) is 2.97. The van der Waals surface area contributed by atoms with E-state index in [-0.39, 0.29) is 32.4 Å². The normalized spacial score (nSPS) is 12.8. The van der Waals surface area contributed by atoms with Gasteiger partial charge >= 0.3 is 5.97 Å². The number of esters is 1. The highest BCUT2D eigenvalue weighted by atomic mass is 35.5. The largest absolute Gasteiger partial charge is 0.465 e. The maximum absolute atomic E-state index is 12.4. The zero-order chi connectivity index (χ0) is 19.7. The number of carbonyl (C=O) groups is 4. The van der Waals surface area contributed by atoms with Crippen molar-refractivity contribution in [2.24, 2.45) is 0 Å². The first kappa shape index (κ1) is 18.9. The van der Waals surface area contributed by atoms with Crippen LogP contribution in [0.15, 0.2) is 36.4 Å². The molecule has 0 aromatic heterocycles. The molecule has 0 radical (unpaired) electrons. The number of hydrogen-bond donors (Lipinski definition) is 1. The van der Waals surface area contributed by atoms with Gasteiger partial charge < -0.3 is 10.1 Å². The highest BCUT2D eigenvalue weighted by Gasteiger charge is 2.37. The number of methoxy groups -OCH3 is 1. The lowest BCUT2D eigenvalue weighted by atomic mass is 10.1. The second-order valence-corrected chi connectivity index (χ2v) is 6.41. The molecular formula is C18H12Cl2N2O5. The van der Waals surface area contributed by atoms with Crippen molar-refractivity contribution >= 4 is 52.6 Å². The minimum absolute atomic E-state index is 0.0807. The summed E-state index contributed by atoms with van der Waals surface area (Å²) >= 11 is 11.8. The molecule has 3 amide bonds. The van der Waals surface area contributed by atoms with Gasteiger partial charge in [-0.15, -0.1) is 0 Å². The predicted octanol–water partition coefficient (Wildman–Crippen LogP) is 3.01. The molecular weight excluding hydrogens is 395 g/mol. The van der Waals surface area contributed by atoms with Gasteiger partial charge in [-0.25, -0.2) is 4.79 Å². The van der Waals surface area contributed by atoms with Crippen LogP contribution >= 0.6 is 23.2 Å². The zero-order valence-corrected chi connectivity index (χ0v) is 15.4. The topological polar surface area (TPSA) is 92.8 Å².